The fourth-order valence-electron chi connectivity index (χ4n) is 0.951. The van der Waals surface area contributed by atoms with Crippen LogP contribution in [-0.2, 0) is 4.79 Å². The lowest BCUT2D eigenvalue weighted by atomic mass is 10.1. The summed E-state index contributed by atoms with van der Waals surface area (Å²) in [7, 11) is 0. The van der Waals surface area contributed by atoms with Crippen molar-refractivity contribution in [3.05, 3.63) is 30.3 Å². The van der Waals surface area contributed by atoms with E-state index in [2.05, 4.69) is 4.74 Å². The first-order chi connectivity index (χ1) is 7.91. The van der Waals surface area contributed by atoms with Crippen LogP contribution in [0.2, 0.25) is 0 Å². The molecule has 1 aromatic rings. The Hall–Kier alpha value is -1.65. The second kappa shape index (κ2) is 8.50. The Kier molecular flexibility index (Phi) is 7.67. The van der Waals surface area contributed by atoms with Crippen LogP contribution in [0, 0.1) is 5.92 Å². The number of ether oxygens (including phenoxy) is 1. The summed E-state index contributed by atoms with van der Waals surface area (Å²) in [5.41, 5.74) is 0. The Morgan fingerprint density at radius 1 is 1.29 bits per heavy atom. The fourth-order valence-corrected chi connectivity index (χ4v) is 0.951. The number of rotatable bonds is 4. The third-order valence-electron chi connectivity index (χ3n) is 1.55. The van der Waals surface area contributed by atoms with E-state index in [-0.39, 0.29) is 18.1 Å². The Balaban J connectivity index is 0.000000325. The zero-order valence-electron chi connectivity index (χ0n) is 9.77. The van der Waals surface area contributed by atoms with E-state index in [4.69, 9.17) is 5.11 Å². The van der Waals surface area contributed by atoms with E-state index >= 15 is 0 Å². The number of halogens is 2. The van der Waals surface area contributed by atoms with Crippen molar-refractivity contribution in [3.63, 3.8) is 0 Å². The fraction of sp³-hybridized carbons (Fsp3) is 0.417. The summed E-state index contributed by atoms with van der Waals surface area (Å²) in [5, 5.41) is 8.08. The lowest BCUT2D eigenvalue weighted by Gasteiger charge is -2.01. The molecular weight excluding hydrogens is 230 g/mol. The first-order valence-corrected chi connectivity index (χ1v) is 5.13. The Morgan fingerprint density at radius 2 is 1.82 bits per heavy atom. The van der Waals surface area contributed by atoms with E-state index in [0.29, 0.717) is 0 Å². The van der Waals surface area contributed by atoms with Gasteiger partial charge in [0.05, 0.1) is 0 Å². The SMILES string of the molecule is CC(C)CC(=O)O.FC(F)Oc1ccccc1. The number of aliphatic carboxylic acids is 1. The summed E-state index contributed by atoms with van der Waals surface area (Å²) in [6.07, 6.45) is 0.278. The molecule has 0 bridgehead atoms. The molecular formula is C12H16F2O3. The van der Waals surface area contributed by atoms with Gasteiger partial charge < -0.3 is 9.84 Å². The molecule has 1 N–H and O–H groups in total. The van der Waals surface area contributed by atoms with Gasteiger partial charge in [0.25, 0.3) is 0 Å². The normalized spacial score (nSPS) is 9.76. The molecule has 0 aliphatic heterocycles. The van der Waals surface area contributed by atoms with E-state index in [1.807, 2.05) is 13.8 Å². The Labute approximate surface area is 99.0 Å². The molecule has 0 spiro atoms. The summed E-state index contributed by atoms with van der Waals surface area (Å²) in [6.45, 7) is 1.03. The van der Waals surface area contributed by atoms with Crippen molar-refractivity contribution in [3.8, 4) is 5.75 Å². The molecule has 0 saturated heterocycles. The standard InChI is InChI=1S/C7H6F2O.C5H10O2/c8-7(9)10-6-4-2-1-3-5-6;1-4(2)3-5(6)7/h1-5,7H;4H,3H2,1-2H3,(H,6,7). The van der Waals surface area contributed by atoms with Gasteiger partial charge in [-0.05, 0) is 18.1 Å². The maximum absolute atomic E-state index is 11.5. The van der Waals surface area contributed by atoms with E-state index < -0.39 is 12.6 Å². The molecule has 0 aliphatic rings. The van der Waals surface area contributed by atoms with Crippen molar-refractivity contribution >= 4 is 5.97 Å². The number of carboxylic acids is 1. The average molecular weight is 246 g/mol. The predicted molar refractivity (Wildman–Crippen MR) is 60.2 cm³/mol. The molecule has 0 aliphatic carbocycles. The van der Waals surface area contributed by atoms with Gasteiger partial charge >= 0.3 is 12.6 Å². The number of para-hydroxylation sites is 1. The van der Waals surface area contributed by atoms with E-state index in [1.165, 1.54) is 12.1 Å². The van der Waals surface area contributed by atoms with Crippen LogP contribution in [0.4, 0.5) is 8.78 Å². The molecule has 0 unspecified atom stereocenters. The topological polar surface area (TPSA) is 46.5 Å². The van der Waals surface area contributed by atoms with Gasteiger partial charge in [0, 0.05) is 6.42 Å². The summed E-state index contributed by atoms with van der Waals surface area (Å²) >= 11 is 0. The van der Waals surface area contributed by atoms with Crippen molar-refractivity contribution in [1.29, 1.82) is 0 Å². The van der Waals surface area contributed by atoms with Gasteiger partial charge in [-0.1, -0.05) is 32.0 Å². The number of hydrogen-bond donors (Lipinski definition) is 1. The van der Waals surface area contributed by atoms with Crippen LogP contribution in [0.5, 0.6) is 5.75 Å². The van der Waals surface area contributed by atoms with Crippen molar-refractivity contribution in [2.75, 3.05) is 0 Å². The van der Waals surface area contributed by atoms with Crippen LogP contribution >= 0.6 is 0 Å². The highest BCUT2D eigenvalue weighted by Crippen LogP contribution is 2.11. The zero-order valence-corrected chi connectivity index (χ0v) is 9.77. The van der Waals surface area contributed by atoms with Crippen molar-refractivity contribution < 1.29 is 23.4 Å². The first-order valence-electron chi connectivity index (χ1n) is 5.13. The predicted octanol–water partition coefficient (Wildman–Crippen LogP) is 3.41. The van der Waals surface area contributed by atoms with Gasteiger partial charge in [-0.25, -0.2) is 0 Å². The highest BCUT2D eigenvalue weighted by atomic mass is 19.3. The van der Waals surface area contributed by atoms with Crippen molar-refractivity contribution in [2.45, 2.75) is 26.9 Å². The highest BCUT2D eigenvalue weighted by Gasteiger charge is 2.01. The monoisotopic (exact) mass is 246 g/mol. The lowest BCUT2D eigenvalue weighted by Crippen LogP contribution is -2.00. The van der Waals surface area contributed by atoms with Crippen LogP contribution < -0.4 is 4.74 Å². The largest absolute Gasteiger partial charge is 0.481 e. The minimum atomic E-state index is -2.73. The van der Waals surface area contributed by atoms with Gasteiger partial charge in [-0.15, -0.1) is 0 Å². The Morgan fingerprint density at radius 3 is 2.12 bits per heavy atom. The molecule has 3 nitrogen and oxygen atoms in total. The third-order valence-corrected chi connectivity index (χ3v) is 1.55. The third kappa shape index (κ3) is 10.6. The zero-order chi connectivity index (χ0) is 13.3. The second-order valence-corrected chi connectivity index (χ2v) is 3.68. The van der Waals surface area contributed by atoms with Gasteiger partial charge in [0.2, 0.25) is 0 Å². The number of carbonyl (C=O) groups is 1. The molecule has 1 rings (SSSR count). The number of carboxylic acid groups (broad SMARTS) is 1. The highest BCUT2D eigenvalue weighted by molar-refractivity contribution is 5.66. The smallest absolute Gasteiger partial charge is 0.387 e. The van der Waals surface area contributed by atoms with E-state index in [9.17, 15) is 13.6 Å². The second-order valence-electron chi connectivity index (χ2n) is 3.68. The Bertz CT molecular complexity index is 313. The molecule has 1 aromatic carbocycles. The minimum Gasteiger partial charge on any atom is -0.481 e. The molecule has 0 amide bonds. The summed E-state index contributed by atoms with van der Waals surface area (Å²) in [6, 6.07) is 7.96. The molecule has 17 heavy (non-hydrogen) atoms. The molecule has 5 heteroatoms. The maximum atomic E-state index is 11.5. The van der Waals surface area contributed by atoms with Gasteiger partial charge in [-0.2, -0.15) is 8.78 Å². The summed E-state index contributed by atoms with van der Waals surface area (Å²) < 4.78 is 27.1. The molecule has 0 heterocycles. The van der Waals surface area contributed by atoms with Gasteiger partial charge in [0.15, 0.2) is 0 Å². The maximum Gasteiger partial charge on any atom is 0.387 e. The van der Waals surface area contributed by atoms with E-state index in [1.54, 1.807) is 18.2 Å². The lowest BCUT2D eigenvalue weighted by molar-refractivity contribution is -0.137. The van der Waals surface area contributed by atoms with Gasteiger partial charge in [-0.3, -0.25) is 4.79 Å². The molecule has 0 radical (unpaired) electrons. The number of hydrogen-bond acceptors (Lipinski definition) is 2. The van der Waals surface area contributed by atoms with Crippen molar-refractivity contribution in [2.24, 2.45) is 5.92 Å². The molecule has 0 saturated carbocycles. The van der Waals surface area contributed by atoms with Crippen molar-refractivity contribution in [1.82, 2.24) is 0 Å². The minimum absolute atomic E-state index is 0.192. The van der Waals surface area contributed by atoms with Crippen LogP contribution in [-0.4, -0.2) is 17.7 Å². The number of benzene rings is 1. The quantitative estimate of drug-likeness (QED) is 0.885. The molecule has 0 fully saturated rings. The molecule has 0 aromatic heterocycles. The summed E-state index contributed by atoms with van der Waals surface area (Å²) in [4.78, 5) is 9.81. The molecule has 0 atom stereocenters. The van der Waals surface area contributed by atoms with Gasteiger partial charge in [0.1, 0.15) is 5.75 Å². The van der Waals surface area contributed by atoms with Crippen LogP contribution in [0.3, 0.4) is 0 Å². The van der Waals surface area contributed by atoms with Crippen LogP contribution in [0.25, 0.3) is 0 Å². The first kappa shape index (κ1) is 15.4. The average Bonchev–Trinajstić information content (AvgIpc) is 2.16. The number of alkyl halides is 2. The van der Waals surface area contributed by atoms with Crippen LogP contribution in [0.15, 0.2) is 30.3 Å². The summed E-state index contributed by atoms with van der Waals surface area (Å²) in [5.74, 6) is -0.245. The molecule has 96 valence electrons. The van der Waals surface area contributed by atoms with Crippen LogP contribution in [0.1, 0.15) is 20.3 Å². The van der Waals surface area contributed by atoms with E-state index in [0.717, 1.165) is 0 Å².